The van der Waals surface area contributed by atoms with E-state index >= 15 is 0 Å². The van der Waals surface area contributed by atoms with E-state index in [1.807, 2.05) is 24.3 Å². The van der Waals surface area contributed by atoms with E-state index in [0.717, 1.165) is 27.7 Å². The quantitative estimate of drug-likeness (QED) is 0.791. The third-order valence-corrected chi connectivity index (χ3v) is 3.37. The maximum absolute atomic E-state index is 8.93. The van der Waals surface area contributed by atoms with Crippen LogP contribution in [0.4, 0.5) is 5.69 Å². The summed E-state index contributed by atoms with van der Waals surface area (Å²) in [6.07, 6.45) is 0. The summed E-state index contributed by atoms with van der Waals surface area (Å²) in [4.78, 5) is 0. The van der Waals surface area contributed by atoms with Crippen LogP contribution in [0.15, 0.2) is 48.5 Å². The predicted molar refractivity (Wildman–Crippen MR) is 88.4 cm³/mol. The molecule has 0 unspecified atom stereocenters. The lowest BCUT2D eigenvalue weighted by molar-refractivity contribution is 0.900. The van der Waals surface area contributed by atoms with Crippen LogP contribution in [0, 0.1) is 11.3 Å². The number of nitrogens with one attached hydrogen (secondary N) is 1. The van der Waals surface area contributed by atoms with Crippen molar-refractivity contribution >= 4 is 16.6 Å². The Morgan fingerprint density at radius 3 is 2.36 bits per heavy atom. The second kappa shape index (κ2) is 5.82. The lowest BCUT2D eigenvalue weighted by atomic mass is 10.0. The van der Waals surface area contributed by atoms with Gasteiger partial charge in [0, 0.05) is 17.1 Å². The largest absolute Gasteiger partial charge is 0.383 e. The fourth-order valence-corrected chi connectivity index (χ4v) is 2.37. The summed E-state index contributed by atoms with van der Waals surface area (Å²) in [7, 11) is 0. The molecule has 0 aliphatic heterocycles. The summed E-state index contributed by atoms with van der Waals surface area (Å²) in [5.41, 5.74) is 4.46. The summed E-state index contributed by atoms with van der Waals surface area (Å²) >= 11 is 0. The third kappa shape index (κ3) is 2.89. The van der Waals surface area contributed by atoms with E-state index in [-0.39, 0.29) is 0 Å². The lowest BCUT2D eigenvalue weighted by Gasteiger charge is -2.10. The van der Waals surface area contributed by atoms with Gasteiger partial charge in [0.15, 0.2) is 5.69 Å². The molecule has 1 aromatic heterocycles. The van der Waals surface area contributed by atoms with Gasteiger partial charge in [-0.1, -0.05) is 18.2 Å². The topological polar surface area (TPSA) is 61.6 Å². The summed E-state index contributed by atoms with van der Waals surface area (Å²) in [5.74, 6) is 0. The van der Waals surface area contributed by atoms with Gasteiger partial charge in [-0.25, -0.2) is 0 Å². The minimum atomic E-state index is 0.334. The molecule has 22 heavy (non-hydrogen) atoms. The minimum Gasteiger partial charge on any atom is -0.383 e. The summed E-state index contributed by atoms with van der Waals surface area (Å²) in [6.45, 7) is 4.23. The highest BCUT2D eigenvalue weighted by Gasteiger charge is 2.03. The number of rotatable bonds is 3. The molecule has 0 spiro atoms. The van der Waals surface area contributed by atoms with Gasteiger partial charge in [-0.2, -0.15) is 5.26 Å². The molecule has 2 aromatic carbocycles. The molecule has 4 nitrogen and oxygen atoms in total. The number of hydrogen-bond acceptors (Lipinski definition) is 4. The highest BCUT2D eigenvalue weighted by atomic mass is 15.1. The van der Waals surface area contributed by atoms with Gasteiger partial charge in [0.25, 0.3) is 0 Å². The molecule has 1 N–H and O–H groups in total. The zero-order valence-corrected chi connectivity index (χ0v) is 12.5. The molecule has 0 fully saturated rings. The predicted octanol–water partition coefficient (Wildman–Crippen LogP) is 3.99. The van der Waals surface area contributed by atoms with Crippen LogP contribution in [-0.4, -0.2) is 16.2 Å². The molecular weight excluding hydrogens is 272 g/mol. The van der Waals surface area contributed by atoms with E-state index in [9.17, 15) is 0 Å². The molecule has 0 atom stereocenters. The minimum absolute atomic E-state index is 0.334. The smallest absolute Gasteiger partial charge is 0.163 e. The van der Waals surface area contributed by atoms with Crippen LogP contribution in [0.3, 0.4) is 0 Å². The van der Waals surface area contributed by atoms with Crippen molar-refractivity contribution in [1.29, 1.82) is 5.26 Å². The summed E-state index contributed by atoms with van der Waals surface area (Å²) < 4.78 is 0. The van der Waals surface area contributed by atoms with Gasteiger partial charge in [-0.05, 0) is 55.3 Å². The summed E-state index contributed by atoms with van der Waals surface area (Å²) in [6, 6.07) is 18.5. The van der Waals surface area contributed by atoms with E-state index in [1.54, 1.807) is 6.07 Å². The van der Waals surface area contributed by atoms with Crippen molar-refractivity contribution in [2.45, 2.75) is 19.9 Å². The van der Waals surface area contributed by atoms with Crippen LogP contribution < -0.4 is 5.32 Å². The van der Waals surface area contributed by atoms with Gasteiger partial charge in [0.1, 0.15) is 6.07 Å². The summed E-state index contributed by atoms with van der Waals surface area (Å²) in [5, 5.41) is 21.1. The zero-order valence-electron chi connectivity index (χ0n) is 12.5. The van der Waals surface area contributed by atoms with Crippen molar-refractivity contribution in [3.05, 3.63) is 54.2 Å². The van der Waals surface area contributed by atoms with Gasteiger partial charge in [0.05, 0.1) is 5.52 Å². The maximum Gasteiger partial charge on any atom is 0.163 e. The molecule has 0 bridgehead atoms. The van der Waals surface area contributed by atoms with E-state index in [2.05, 4.69) is 53.6 Å². The average molecular weight is 288 g/mol. The Morgan fingerprint density at radius 1 is 0.955 bits per heavy atom. The fourth-order valence-electron chi connectivity index (χ4n) is 2.37. The number of benzene rings is 2. The van der Waals surface area contributed by atoms with E-state index in [4.69, 9.17) is 5.26 Å². The molecule has 108 valence electrons. The van der Waals surface area contributed by atoms with Crippen LogP contribution in [0.5, 0.6) is 0 Å². The van der Waals surface area contributed by atoms with Crippen LogP contribution in [0.1, 0.15) is 19.5 Å². The Morgan fingerprint density at radius 2 is 1.68 bits per heavy atom. The Kier molecular flexibility index (Phi) is 3.71. The van der Waals surface area contributed by atoms with Crippen molar-refractivity contribution < 1.29 is 0 Å². The first-order valence-corrected chi connectivity index (χ1v) is 7.20. The number of fused-ring (bicyclic) bond motifs is 1. The van der Waals surface area contributed by atoms with Crippen molar-refractivity contribution in [1.82, 2.24) is 10.2 Å². The molecular formula is C18H16N4. The number of hydrogen-bond donors (Lipinski definition) is 1. The number of anilines is 1. The van der Waals surface area contributed by atoms with Crippen molar-refractivity contribution in [3.63, 3.8) is 0 Å². The van der Waals surface area contributed by atoms with Gasteiger partial charge >= 0.3 is 0 Å². The van der Waals surface area contributed by atoms with Crippen LogP contribution >= 0.6 is 0 Å². The molecule has 0 aliphatic carbocycles. The molecule has 0 radical (unpaired) electrons. The molecule has 0 saturated heterocycles. The Hall–Kier alpha value is -2.93. The van der Waals surface area contributed by atoms with Gasteiger partial charge < -0.3 is 5.32 Å². The maximum atomic E-state index is 8.93. The number of aromatic nitrogens is 2. The first-order chi connectivity index (χ1) is 10.7. The van der Waals surface area contributed by atoms with Crippen molar-refractivity contribution in [3.8, 4) is 17.2 Å². The SMILES string of the molecule is CC(C)Nc1ccc(-c2ccc3nnc(C#N)cc3c2)cc1. The van der Waals surface area contributed by atoms with E-state index in [1.165, 1.54) is 0 Å². The first kappa shape index (κ1) is 14.0. The standard InChI is InChI=1S/C18H16N4/c1-12(2)20-16-6-3-13(4-7-16)14-5-8-18-15(9-14)10-17(11-19)21-22-18/h3-10,12,20H,1-2H3. The van der Waals surface area contributed by atoms with E-state index < -0.39 is 0 Å². The molecule has 3 aromatic rings. The van der Waals surface area contributed by atoms with Crippen molar-refractivity contribution in [2.24, 2.45) is 0 Å². The van der Waals surface area contributed by atoms with Crippen LogP contribution in [0.2, 0.25) is 0 Å². The molecule has 0 saturated carbocycles. The second-order valence-corrected chi connectivity index (χ2v) is 5.49. The van der Waals surface area contributed by atoms with Crippen LogP contribution in [0.25, 0.3) is 22.0 Å². The lowest BCUT2D eigenvalue weighted by Crippen LogP contribution is -2.09. The van der Waals surface area contributed by atoms with Crippen molar-refractivity contribution in [2.75, 3.05) is 5.32 Å². The Bertz CT molecular complexity index is 845. The zero-order chi connectivity index (χ0) is 15.5. The highest BCUT2D eigenvalue weighted by Crippen LogP contribution is 2.25. The molecule has 4 heteroatoms. The van der Waals surface area contributed by atoms with Gasteiger partial charge in [0.2, 0.25) is 0 Å². The molecule has 0 aliphatic rings. The van der Waals surface area contributed by atoms with Gasteiger partial charge in [-0.3, -0.25) is 0 Å². The average Bonchev–Trinajstić information content (AvgIpc) is 2.54. The molecule has 3 rings (SSSR count). The second-order valence-electron chi connectivity index (χ2n) is 5.49. The molecule has 1 heterocycles. The molecule has 0 amide bonds. The Labute approximate surface area is 129 Å². The highest BCUT2D eigenvalue weighted by molar-refractivity contribution is 5.84. The monoisotopic (exact) mass is 288 g/mol. The van der Waals surface area contributed by atoms with Gasteiger partial charge in [-0.15, -0.1) is 10.2 Å². The normalized spacial score (nSPS) is 10.6. The fraction of sp³-hybridized carbons (Fsp3) is 0.167. The Balaban J connectivity index is 1.97. The first-order valence-electron chi connectivity index (χ1n) is 7.20. The third-order valence-electron chi connectivity index (χ3n) is 3.37. The van der Waals surface area contributed by atoms with Crippen LogP contribution in [-0.2, 0) is 0 Å². The van der Waals surface area contributed by atoms with E-state index in [0.29, 0.717) is 11.7 Å². The number of nitriles is 1. The number of nitrogens with zero attached hydrogens (tertiary/aromatic N) is 3.